The molecule has 0 aromatic heterocycles. The van der Waals surface area contributed by atoms with E-state index in [1.807, 2.05) is 0 Å². The van der Waals surface area contributed by atoms with E-state index in [9.17, 15) is 0 Å². The first-order valence-corrected chi connectivity index (χ1v) is 7.37. The molecule has 106 valence electrons. The van der Waals surface area contributed by atoms with E-state index in [2.05, 4.69) is 23.9 Å². The van der Waals surface area contributed by atoms with Gasteiger partial charge in [-0.2, -0.15) is 0 Å². The van der Waals surface area contributed by atoms with Crippen LogP contribution in [-0.2, 0) is 4.74 Å². The topological polar surface area (TPSA) is 41.7 Å². The van der Waals surface area contributed by atoms with Gasteiger partial charge in [0.05, 0.1) is 0 Å². The number of nitrogens with two attached hydrogens (primary N) is 1. The Kier molecular flexibility index (Phi) is 5.01. The van der Waals surface area contributed by atoms with Crippen LogP contribution in [0.3, 0.4) is 0 Å². The molecule has 2 fully saturated rings. The summed E-state index contributed by atoms with van der Waals surface area (Å²) >= 11 is 0. The molecule has 0 amide bonds. The normalized spacial score (nSPS) is 35.7. The molecule has 0 saturated carbocycles. The Hall–Kier alpha value is -0.160. The molecule has 0 aliphatic carbocycles. The van der Waals surface area contributed by atoms with E-state index in [0.717, 1.165) is 32.6 Å². The van der Waals surface area contributed by atoms with Gasteiger partial charge < -0.3 is 15.4 Å². The van der Waals surface area contributed by atoms with Gasteiger partial charge in [0.25, 0.3) is 0 Å². The van der Waals surface area contributed by atoms with Crippen LogP contribution in [0.2, 0.25) is 0 Å². The quantitative estimate of drug-likeness (QED) is 0.814. The van der Waals surface area contributed by atoms with Crippen molar-refractivity contribution in [3.05, 3.63) is 0 Å². The maximum Gasteiger partial charge on any atom is 0.0484 e. The lowest BCUT2D eigenvalue weighted by atomic mass is 9.86. The lowest BCUT2D eigenvalue weighted by Crippen LogP contribution is -2.59. The van der Waals surface area contributed by atoms with Crippen molar-refractivity contribution in [2.45, 2.75) is 43.7 Å². The van der Waals surface area contributed by atoms with Gasteiger partial charge in [-0.15, -0.1) is 0 Å². The highest BCUT2D eigenvalue weighted by Gasteiger charge is 2.38. The Bertz CT molecular complexity index is 251. The number of hydrogen-bond acceptors (Lipinski definition) is 4. The largest absolute Gasteiger partial charge is 0.381 e. The van der Waals surface area contributed by atoms with Crippen LogP contribution >= 0.6 is 0 Å². The van der Waals surface area contributed by atoms with E-state index in [0.29, 0.717) is 6.04 Å². The summed E-state index contributed by atoms with van der Waals surface area (Å²) in [6, 6.07) is 0.658. The Labute approximate surface area is 111 Å². The average Bonchev–Trinajstić information content (AvgIpc) is 2.64. The third-order valence-electron chi connectivity index (χ3n) is 4.92. The summed E-state index contributed by atoms with van der Waals surface area (Å²) in [5.74, 6) is 0. The molecule has 0 aromatic carbocycles. The van der Waals surface area contributed by atoms with Crippen LogP contribution in [0.1, 0.15) is 32.1 Å². The van der Waals surface area contributed by atoms with Crippen molar-refractivity contribution in [1.82, 2.24) is 9.80 Å². The molecule has 18 heavy (non-hydrogen) atoms. The first-order chi connectivity index (χ1) is 8.68. The van der Waals surface area contributed by atoms with Crippen molar-refractivity contribution in [3.8, 4) is 0 Å². The summed E-state index contributed by atoms with van der Waals surface area (Å²) in [6.45, 7) is 4.94. The van der Waals surface area contributed by atoms with Crippen molar-refractivity contribution in [2.24, 2.45) is 5.73 Å². The summed E-state index contributed by atoms with van der Waals surface area (Å²) in [7, 11) is 4.51. The van der Waals surface area contributed by atoms with Gasteiger partial charge in [-0.05, 0) is 52.7 Å². The third-order valence-corrected chi connectivity index (χ3v) is 4.92. The van der Waals surface area contributed by atoms with Crippen LogP contribution in [0.5, 0.6) is 0 Å². The third kappa shape index (κ3) is 3.05. The van der Waals surface area contributed by atoms with Gasteiger partial charge in [0.1, 0.15) is 0 Å². The van der Waals surface area contributed by atoms with Crippen LogP contribution in [0.4, 0.5) is 0 Å². The van der Waals surface area contributed by atoms with Crippen LogP contribution in [0.15, 0.2) is 0 Å². The molecule has 0 bridgehead atoms. The molecule has 0 spiro atoms. The average molecular weight is 255 g/mol. The summed E-state index contributed by atoms with van der Waals surface area (Å²) in [5.41, 5.74) is 6.31. The van der Waals surface area contributed by atoms with Crippen LogP contribution in [0, 0.1) is 0 Å². The highest BCUT2D eigenvalue weighted by Crippen LogP contribution is 2.30. The second-order valence-corrected chi connectivity index (χ2v) is 6.06. The zero-order valence-electron chi connectivity index (χ0n) is 12.0. The van der Waals surface area contributed by atoms with Crippen molar-refractivity contribution in [3.63, 3.8) is 0 Å². The lowest BCUT2D eigenvalue weighted by Gasteiger charge is -2.47. The van der Waals surface area contributed by atoms with Crippen molar-refractivity contribution in [2.75, 3.05) is 46.9 Å². The maximum atomic E-state index is 6.14. The standard InChI is InChI=1S/C14H29N3O/c1-16-8-3-5-13(11-16)17(2)14(12-15)6-4-9-18-10-7-14/h13H,3-12,15H2,1-2H3. The molecular weight excluding hydrogens is 226 g/mol. The molecule has 2 aliphatic heterocycles. The summed E-state index contributed by atoms with van der Waals surface area (Å²) < 4.78 is 5.62. The zero-order chi connectivity index (χ0) is 13.0. The van der Waals surface area contributed by atoms with Gasteiger partial charge in [0.15, 0.2) is 0 Å². The highest BCUT2D eigenvalue weighted by molar-refractivity contribution is 4.95. The van der Waals surface area contributed by atoms with Crippen molar-refractivity contribution in [1.29, 1.82) is 0 Å². The fourth-order valence-electron chi connectivity index (χ4n) is 3.54. The Morgan fingerprint density at radius 2 is 2.17 bits per heavy atom. The molecule has 4 nitrogen and oxygen atoms in total. The van der Waals surface area contributed by atoms with E-state index in [-0.39, 0.29) is 5.54 Å². The Morgan fingerprint density at radius 3 is 2.89 bits per heavy atom. The van der Waals surface area contributed by atoms with E-state index in [4.69, 9.17) is 10.5 Å². The van der Waals surface area contributed by atoms with E-state index >= 15 is 0 Å². The Morgan fingerprint density at radius 1 is 1.33 bits per heavy atom. The molecule has 2 unspecified atom stereocenters. The molecule has 2 N–H and O–H groups in total. The predicted molar refractivity (Wildman–Crippen MR) is 74.7 cm³/mol. The zero-order valence-corrected chi connectivity index (χ0v) is 12.0. The maximum absolute atomic E-state index is 6.14. The molecular formula is C14H29N3O. The highest BCUT2D eigenvalue weighted by atomic mass is 16.5. The molecule has 4 heteroatoms. The molecule has 2 atom stereocenters. The molecule has 2 saturated heterocycles. The molecule has 2 rings (SSSR count). The second-order valence-electron chi connectivity index (χ2n) is 6.06. The number of rotatable bonds is 3. The first kappa shape index (κ1) is 14.3. The summed E-state index contributed by atoms with van der Waals surface area (Å²) in [6.07, 6.45) is 6.02. The SMILES string of the molecule is CN1CCCC(N(C)C2(CN)CCCOCC2)C1. The monoisotopic (exact) mass is 255 g/mol. The van der Waals surface area contributed by atoms with Gasteiger partial charge in [-0.3, -0.25) is 4.90 Å². The number of likely N-dealkylation sites (N-methyl/N-ethyl adjacent to an activating group) is 2. The lowest BCUT2D eigenvalue weighted by molar-refractivity contribution is 0.0239. The van der Waals surface area contributed by atoms with Gasteiger partial charge in [-0.25, -0.2) is 0 Å². The predicted octanol–water partition coefficient (Wildman–Crippen LogP) is 0.910. The minimum absolute atomic E-state index is 0.166. The Balaban J connectivity index is 2.05. The fourth-order valence-corrected chi connectivity index (χ4v) is 3.54. The minimum Gasteiger partial charge on any atom is -0.381 e. The summed E-state index contributed by atoms with van der Waals surface area (Å²) in [4.78, 5) is 5.03. The van der Waals surface area contributed by atoms with Crippen LogP contribution < -0.4 is 5.73 Å². The fraction of sp³-hybridized carbons (Fsp3) is 1.00. The van der Waals surface area contributed by atoms with Gasteiger partial charge in [0, 0.05) is 37.9 Å². The van der Waals surface area contributed by atoms with Gasteiger partial charge in [0.2, 0.25) is 0 Å². The summed E-state index contributed by atoms with van der Waals surface area (Å²) in [5, 5.41) is 0. The second kappa shape index (κ2) is 6.33. The van der Waals surface area contributed by atoms with Gasteiger partial charge in [-0.1, -0.05) is 0 Å². The number of nitrogens with zero attached hydrogens (tertiary/aromatic N) is 2. The smallest absolute Gasteiger partial charge is 0.0484 e. The number of ether oxygens (including phenoxy) is 1. The van der Waals surface area contributed by atoms with Crippen molar-refractivity contribution >= 4 is 0 Å². The number of likely N-dealkylation sites (tertiary alicyclic amines) is 1. The minimum atomic E-state index is 0.166. The van der Waals surface area contributed by atoms with E-state index < -0.39 is 0 Å². The number of hydrogen-bond donors (Lipinski definition) is 1. The first-order valence-electron chi connectivity index (χ1n) is 7.37. The van der Waals surface area contributed by atoms with Gasteiger partial charge >= 0.3 is 0 Å². The van der Waals surface area contributed by atoms with Crippen molar-refractivity contribution < 1.29 is 4.74 Å². The van der Waals surface area contributed by atoms with Crippen LogP contribution in [-0.4, -0.2) is 68.3 Å². The molecule has 2 aliphatic rings. The van der Waals surface area contributed by atoms with E-state index in [1.54, 1.807) is 0 Å². The molecule has 0 radical (unpaired) electrons. The molecule has 2 heterocycles. The molecule has 0 aromatic rings. The van der Waals surface area contributed by atoms with Crippen LogP contribution in [0.25, 0.3) is 0 Å². The number of piperidine rings is 1. The van der Waals surface area contributed by atoms with E-state index in [1.165, 1.54) is 32.4 Å².